The van der Waals surface area contributed by atoms with Gasteiger partial charge in [0, 0.05) is 11.2 Å². The summed E-state index contributed by atoms with van der Waals surface area (Å²) in [7, 11) is 0. The number of anilines is 2. The van der Waals surface area contributed by atoms with E-state index in [-0.39, 0.29) is 17.4 Å². The lowest BCUT2D eigenvalue weighted by Crippen LogP contribution is -2.05. The highest BCUT2D eigenvalue weighted by molar-refractivity contribution is 6.32. The van der Waals surface area contributed by atoms with Crippen molar-refractivity contribution in [2.24, 2.45) is 0 Å². The Morgan fingerprint density at radius 3 is 2.41 bits per heavy atom. The number of hydrogen-bond acceptors (Lipinski definition) is 7. The molecule has 0 saturated carbocycles. The van der Waals surface area contributed by atoms with Crippen LogP contribution in [0.3, 0.4) is 0 Å². The lowest BCUT2D eigenvalue weighted by molar-refractivity contribution is -0.385. The smallest absolute Gasteiger partial charge is 0.373 e. The lowest BCUT2D eigenvalue weighted by atomic mass is 10.1. The second-order valence-electron chi connectivity index (χ2n) is 5.90. The quantitative estimate of drug-likeness (QED) is 0.492. The summed E-state index contributed by atoms with van der Waals surface area (Å²) in [5.74, 6) is 0.681. The van der Waals surface area contributed by atoms with Gasteiger partial charge in [0.05, 0.1) is 4.92 Å². The Labute approximate surface area is 160 Å². The van der Waals surface area contributed by atoms with Crippen LogP contribution >= 0.6 is 11.6 Å². The number of nitrogens with zero attached hydrogens (tertiary/aromatic N) is 4. The molecule has 2 heterocycles. The van der Waals surface area contributed by atoms with Gasteiger partial charge >= 0.3 is 11.6 Å². The fraction of sp³-hybridized carbons (Fsp3) is 0.167. The number of aryl methyl sites for hydroxylation is 3. The molecule has 27 heavy (non-hydrogen) atoms. The molecule has 2 aromatic heterocycles. The van der Waals surface area contributed by atoms with E-state index in [4.69, 9.17) is 16.3 Å². The minimum atomic E-state index is -0.592. The Balaban J connectivity index is 2.02. The fourth-order valence-corrected chi connectivity index (χ4v) is 2.61. The summed E-state index contributed by atoms with van der Waals surface area (Å²) in [5.41, 5.74) is 2.03. The summed E-state index contributed by atoms with van der Waals surface area (Å²) < 4.78 is 5.68. The fourth-order valence-electron chi connectivity index (χ4n) is 2.50. The van der Waals surface area contributed by atoms with Crippen molar-refractivity contribution in [3.63, 3.8) is 0 Å². The van der Waals surface area contributed by atoms with Gasteiger partial charge in [-0.05, 0) is 55.7 Å². The highest BCUT2D eigenvalue weighted by Gasteiger charge is 2.26. The molecular weight excluding hydrogens is 370 g/mol. The van der Waals surface area contributed by atoms with E-state index in [2.05, 4.69) is 20.3 Å². The lowest BCUT2D eigenvalue weighted by Gasteiger charge is -2.11. The summed E-state index contributed by atoms with van der Waals surface area (Å²) in [6.45, 7) is 5.49. The van der Waals surface area contributed by atoms with Crippen molar-refractivity contribution >= 4 is 28.9 Å². The summed E-state index contributed by atoms with van der Waals surface area (Å²) in [6, 6.07) is 6.99. The Morgan fingerprint density at radius 2 is 1.78 bits per heavy atom. The number of rotatable bonds is 5. The molecule has 0 amide bonds. The van der Waals surface area contributed by atoms with Gasteiger partial charge in [-0.1, -0.05) is 17.7 Å². The molecule has 0 bridgehead atoms. The van der Waals surface area contributed by atoms with Crippen LogP contribution in [-0.2, 0) is 0 Å². The van der Waals surface area contributed by atoms with Gasteiger partial charge in [0.15, 0.2) is 0 Å². The zero-order valence-electron chi connectivity index (χ0n) is 14.9. The third kappa shape index (κ3) is 3.95. The highest BCUT2D eigenvalue weighted by Crippen LogP contribution is 2.36. The molecule has 0 radical (unpaired) electrons. The predicted octanol–water partition coefficient (Wildman–Crippen LogP) is 4.89. The molecule has 138 valence electrons. The molecular formula is C18H16ClN5O3. The number of pyridine rings is 1. The van der Waals surface area contributed by atoms with Crippen molar-refractivity contribution in [2.75, 3.05) is 5.32 Å². The normalized spacial score (nSPS) is 10.5. The number of nitrogens with one attached hydrogen (secondary N) is 1. The minimum absolute atomic E-state index is 0.00536. The SMILES string of the molecule is Cc1cccnc1Nc1ncnc(Oc2cc(C)c(Cl)c(C)c2)c1[N+](=O)[O-]. The van der Waals surface area contributed by atoms with Gasteiger partial charge in [-0.3, -0.25) is 10.1 Å². The van der Waals surface area contributed by atoms with Gasteiger partial charge in [0.1, 0.15) is 17.9 Å². The van der Waals surface area contributed by atoms with Crippen molar-refractivity contribution in [3.05, 3.63) is 68.6 Å². The van der Waals surface area contributed by atoms with E-state index < -0.39 is 4.92 Å². The third-order valence-corrected chi connectivity index (χ3v) is 4.44. The molecule has 8 nitrogen and oxygen atoms in total. The van der Waals surface area contributed by atoms with E-state index in [9.17, 15) is 10.1 Å². The molecule has 0 aliphatic carbocycles. The first-order valence-electron chi connectivity index (χ1n) is 7.99. The molecule has 3 aromatic rings. The predicted molar refractivity (Wildman–Crippen MR) is 102 cm³/mol. The second kappa shape index (κ2) is 7.55. The van der Waals surface area contributed by atoms with Crippen LogP contribution in [0.5, 0.6) is 11.6 Å². The van der Waals surface area contributed by atoms with Crippen molar-refractivity contribution < 1.29 is 9.66 Å². The highest BCUT2D eigenvalue weighted by atomic mass is 35.5. The molecule has 0 fully saturated rings. The molecule has 3 rings (SSSR count). The van der Waals surface area contributed by atoms with Crippen molar-refractivity contribution in [1.82, 2.24) is 15.0 Å². The average Bonchev–Trinajstić information content (AvgIpc) is 2.61. The first kappa shape index (κ1) is 18.5. The summed E-state index contributed by atoms with van der Waals surface area (Å²) >= 11 is 6.16. The molecule has 0 aliphatic rings. The van der Waals surface area contributed by atoms with Gasteiger partial charge in [0.2, 0.25) is 5.82 Å². The second-order valence-corrected chi connectivity index (χ2v) is 6.28. The van der Waals surface area contributed by atoms with Crippen molar-refractivity contribution in [2.45, 2.75) is 20.8 Å². The summed E-state index contributed by atoms with van der Waals surface area (Å²) in [6.07, 6.45) is 2.78. The van der Waals surface area contributed by atoms with Crippen LogP contribution in [0, 0.1) is 30.9 Å². The Hall–Kier alpha value is -3.26. The largest absolute Gasteiger partial charge is 0.434 e. The van der Waals surface area contributed by atoms with Crippen LogP contribution in [0.1, 0.15) is 16.7 Å². The monoisotopic (exact) mass is 385 g/mol. The van der Waals surface area contributed by atoms with Gasteiger partial charge < -0.3 is 10.1 Å². The Bertz CT molecular complexity index is 1000. The number of ether oxygens (including phenoxy) is 1. The third-order valence-electron chi connectivity index (χ3n) is 3.84. The maximum Gasteiger partial charge on any atom is 0.373 e. The van der Waals surface area contributed by atoms with Gasteiger partial charge in [-0.25, -0.2) is 9.97 Å². The van der Waals surface area contributed by atoms with Crippen molar-refractivity contribution in [1.29, 1.82) is 0 Å². The number of hydrogen-bond donors (Lipinski definition) is 1. The van der Waals surface area contributed by atoms with E-state index >= 15 is 0 Å². The molecule has 0 atom stereocenters. The number of nitro groups is 1. The van der Waals surface area contributed by atoms with E-state index in [1.807, 2.05) is 26.8 Å². The maximum absolute atomic E-state index is 11.7. The van der Waals surface area contributed by atoms with Crippen LogP contribution in [-0.4, -0.2) is 19.9 Å². The number of benzene rings is 1. The first-order chi connectivity index (χ1) is 12.9. The Morgan fingerprint density at radius 1 is 1.07 bits per heavy atom. The van der Waals surface area contributed by atoms with E-state index in [0.717, 1.165) is 16.7 Å². The van der Waals surface area contributed by atoms with Gasteiger partial charge in [0.25, 0.3) is 0 Å². The van der Waals surface area contributed by atoms with Crippen LogP contribution in [0.25, 0.3) is 0 Å². The molecule has 1 aromatic carbocycles. The molecule has 0 spiro atoms. The number of halogens is 1. The van der Waals surface area contributed by atoms with Crippen LogP contribution in [0.4, 0.5) is 17.3 Å². The molecule has 1 N–H and O–H groups in total. The van der Waals surface area contributed by atoms with Crippen LogP contribution < -0.4 is 10.1 Å². The first-order valence-corrected chi connectivity index (χ1v) is 8.37. The summed E-state index contributed by atoms with van der Waals surface area (Å²) in [4.78, 5) is 23.2. The molecule has 0 aliphatic heterocycles. The average molecular weight is 386 g/mol. The van der Waals surface area contributed by atoms with E-state index in [1.165, 1.54) is 6.33 Å². The molecule has 0 saturated heterocycles. The molecule has 0 unspecified atom stereocenters. The zero-order chi connectivity index (χ0) is 19.6. The van der Waals surface area contributed by atoms with Gasteiger partial charge in [-0.15, -0.1) is 0 Å². The van der Waals surface area contributed by atoms with Crippen LogP contribution in [0.2, 0.25) is 5.02 Å². The summed E-state index contributed by atoms with van der Waals surface area (Å²) in [5, 5.41) is 15.2. The maximum atomic E-state index is 11.7. The Kier molecular flexibility index (Phi) is 5.18. The van der Waals surface area contributed by atoms with E-state index in [0.29, 0.717) is 16.6 Å². The van der Waals surface area contributed by atoms with Crippen LogP contribution in [0.15, 0.2) is 36.8 Å². The standard InChI is InChI=1S/C18H16ClN5O3/c1-10-5-4-6-20-16(10)23-17-15(24(25)26)18(22-9-21-17)27-13-7-11(2)14(19)12(3)8-13/h4-9H,1-3H3,(H,20,21,22,23). The zero-order valence-corrected chi connectivity index (χ0v) is 15.6. The van der Waals surface area contributed by atoms with E-state index in [1.54, 1.807) is 24.4 Å². The number of aromatic nitrogens is 3. The van der Waals surface area contributed by atoms with Crippen molar-refractivity contribution in [3.8, 4) is 11.6 Å². The topological polar surface area (TPSA) is 103 Å². The molecule has 9 heteroatoms. The minimum Gasteiger partial charge on any atom is -0.434 e. The van der Waals surface area contributed by atoms with Gasteiger partial charge in [-0.2, -0.15) is 4.98 Å².